The number of hydrogen-bond donors (Lipinski definition) is 0. The Morgan fingerprint density at radius 1 is 0.229 bits per heavy atom. The van der Waals surface area contributed by atoms with Crippen molar-refractivity contribution in [1.29, 1.82) is 0 Å². The van der Waals surface area contributed by atoms with Gasteiger partial charge in [-0.05, 0) is 44.9 Å². The number of allylic oxidation sites excluding steroid dienone is 2. The number of carbonyl (C=O) groups excluding carboxylic acids is 3. The first kappa shape index (κ1) is 81.2. The summed E-state index contributed by atoms with van der Waals surface area (Å²) in [6, 6.07) is 0. The molecule has 0 saturated carbocycles. The Labute approximate surface area is 520 Å². The summed E-state index contributed by atoms with van der Waals surface area (Å²) in [6.45, 7) is 6.74. The molecule has 492 valence electrons. The van der Waals surface area contributed by atoms with E-state index in [1.165, 1.54) is 347 Å². The summed E-state index contributed by atoms with van der Waals surface area (Å²) in [7, 11) is 0. The predicted molar refractivity (Wildman–Crippen MR) is 363 cm³/mol. The van der Waals surface area contributed by atoms with Crippen LogP contribution in [0.5, 0.6) is 0 Å². The molecule has 0 aliphatic heterocycles. The number of hydrogen-bond acceptors (Lipinski definition) is 6. The highest BCUT2D eigenvalue weighted by atomic mass is 16.6. The van der Waals surface area contributed by atoms with E-state index in [0.29, 0.717) is 19.3 Å². The lowest BCUT2D eigenvalue weighted by Gasteiger charge is -2.18. The smallest absolute Gasteiger partial charge is 0.306 e. The van der Waals surface area contributed by atoms with Crippen LogP contribution in [0.3, 0.4) is 0 Å². The highest BCUT2D eigenvalue weighted by molar-refractivity contribution is 5.71. The Hall–Kier alpha value is -1.85. The molecule has 0 heterocycles. The third kappa shape index (κ3) is 70.8. The van der Waals surface area contributed by atoms with E-state index < -0.39 is 6.10 Å². The molecule has 0 bridgehead atoms. The molecule has 1 unspecified atom stereocenters. The molecule has 0 amide bonds. The molecule has 6 heteroatoms. The first-order chi connectivity index (χ1) is 41.0. The van der Waals surface area contributed by atoms with Crippen molar-refractivity contribution in [2.45, 2.75) is 451 Å². The van der Waals surface area contributed by atoms with Crippen LogP contribution in [-0.4, -0.2) is 37.2 Å². The molecule has 0 aromatic rings. The summed E-state index contributed by atoms with van der Waals surface area (Å²) in [5.74, 6) is -0.830. The van der Waals surface area contributed by atoms with Gasteiger partial charge in [-0.1, -0.05) is 392 Å². The van der Waals surface area contributed by atoms with Gasteiger partial charge in [0.1, 0.15) is 13.2 Å². The zero-order valence-electron chi connectivity index (χ0n) is 56.8. The molecule has 0 N–H and O–H groups in total. The van der Waals surface area contributed by atoms with Gasteiger partial charge in [0.25, 0.3) is 0 Å². The van der Waals surface area contributed by atoms with E-state index in [1.54, 1.807) is 0 Å². The van der Waals surface area contributed by atoms with Crippen LogP contribution in [0.25, 0.3) is 0 Å². The van der Waals surface area contributed by atoms with Crippen LogP contribution >= 0.6 is 0 Å². The fraction of sp³-hybridized carbons (Fsp3) is 0.935. The summed E-state index contributed by atoms with van der Waals surface area (Å²) in [5.41, 5.74) is 0. The monoisotopic (exact) mass is 1170 g/mol. The van der Waals surface area contributed by atoms with Crippen molar-refractivity contribution < 1.29 is 28.6 Å². The number of rotatable bonds is 72. The Balaban J connectivity index is 4.15. The van der Waals surface area contributed by atoms with Crippen LogP contribution in [0, 0.1) is 0 Å². The molecule has 0 aromatic carbocycles. The highest BCUT2D eigenvalue weighted by Gasteiger charge is 2.20. The topological polar surface area (TPSA) is 78.9 Å². The van der Waals surface area contributed by atoms with Gasteiger partial charge in [-0.25, -0.2) is 0 Å². The zero-order chi connectivity index (χ0) is 59.9. The van der Waals surface area contributed by atoms with Gasteiger partial charge < -0.3 is 14.2 Å². The normalized spacial score (nSPS) is 12.0. The second kappa shape index (κ2) is 72.6. The van der Waals surface area contributed by atoms with Crippen LogP contribution in [0.1, 0.15) is 445 Å². The maximum atomic E-state index is 13.0. The lowest BCUT2D eigenvalue weighted by atomic mass is 10.0. The van der Waals surface area contributed by atoms with Crippen molar-refractivity contribution in [3.63, 3.8) is 0 Å². The minimum atomic E-state index is -0.769. The minimum Gasteiger partial charge on any atom is -0.462 e. The van der Waals surface area contributed by atoms with Gasteiger partial charge in [-0.2, -0.15) is 0 Å². The molecule has 83 heavy (non-hydrogen) atoms. The molecule has 0 fully saturated rings. The van der Waals surface area contributed by atoms with Crippen LogP contribution in [0.15, 0.2) is 12.2 Å². The Morgan fingerprint density at radius 3 is 0.602 bits per heavy atom. The van der Waals surface area contributed by atoms with Gasteiger partial charge in [0.05, 0.1) is 0 Å². The Morgan fingerprint density at radius 2 is 0.398 bits per heavy atom. The molecule has 0 saturated heterocycles. The summed E-state index contributed by atoms with van der Waals surface area (Å²) in [4.78, 5) is 38.5. The van der Waals surface area contributed by atoms with Crippen molar-refractivity contribution in [2.75, 3.05) is 13.2 Å². The van der Waals surface area contributed by atoms with E-state index in [4.69, 9.17) is 14.2 Å². The molecular formula is C77H148O6. The molecule has 0 aliphatic carbocycles. The summed E-state index contributed by atoms with van der Waals surface area (Å²) in [5, 5.41) is 0. The molecule has 1 atom stereocenters. The SMILES string of the molecule is CCCCCCCCC/C=C\CCCCCCCCCC(=O)OC(COC(=O)CCCCCCCCCCCCCCCCCC)COC(=O)CCCCCCCCCCCCCCCCCCCCCCCCCCCCCCCCC. The van der Waals surface area contributed by atoms with Crippen LogP contribution < -0.4 is 0 Å². The van der Waals surface area contributed by atoms with Crippen molar-refractivity contribution in [3.8, 4) is 0 Å². The number of carbonyl (C=O) groups is 3. The average molecular weight is 1170 g/mol. The first-order valence-electron chi connectivity index (χ1n) is 38.2. The number of esters is 3. The second-order valence-corrected chi connectivity index (χ2v) is 26.3. The van der Waals surface area contributed by atoms with Crippen molar-refractivity contribution in [1.82, 2.24) is 0 Å². The number of unbranched alkanes of at least 4 members (excludes halogenated alkanes) is 59. The maximum Gasteiger partial charge on any atom is 0.306 e. The molecule has 0 spiro atoms. The van der Waals surface area contributed by atoms with Gasteiger partial charge in [0.15, 0.2) is 6.10 Å². The Bertz CT molecular complexity index is 1300. The van der Waals surface area contributed by atoms with E-state index >= 15 is 0 Å². The van der Waals surface area contributed by atoms with E-state index in [0.717, 1.165) is 57.8 Å². The van der Waals surface area contributed by atoms with E-state index in [9.17, 15) is 14.4 Å². The average Bonchev–Trinajstić information content (AvgIpc) is 3.50. The molecule has 6 nitrogen and oxygen atoms in total. The molecule has 0 radical (unpaired) electrons. The largest absolute Gasteiger partial charge is 0.462 e. The minimum absolute atomic E-state index is 0.0647. The summed E-state index contributed by atoms with van der Waals surface area (Å²) < 4.78 is 17.0. The van der Waals surface area contributed by atoms with Crippen LogP contribution in [-0.2, 0) is 28.6 Å². The van der Waals surface area contributed by atoms with Crippen molar-refractivity contribution >= 4 is 17.9 Å². The lowest BCUT2D eigenvalue weighted by Crippen LogP contribution is -2.30. The van der Waals surface area contributed by atoms with E-state index in [2.05, 4.69) is 32.9 Å². The van der Waals surface area contributed by atoms with Crippen molar-refractivity contribution in [3.05, 3.63) is 12.2 Å². The molecule has 0 aliphatic rings. The Kier molecular flexibility index (Phi) is 71.0. The van der Waals surface area contributed by atoms with Gasteiger partial charge in [-0.3, -0.25) is 14.4 Å². The van der Waals surface area contributed by atoms with Crippen LogP contribution in [0.4, 0.5) is 0 Å². The van der Waals surface area contributed by atoms with E-state index in [-0.39, 0.29) is 31.1 Å². The van der Waals surface area contributed by atoms with Gasteiger partial charge >= 0.3 is 17.9 Å². The fourth-order valence-corrected chi connectivity index (χ4v) is 12.0. The molecule has 0 aromatic heterocycles. The standard InChI is InChI=1S/C77H148O6/c1-4-7-10-13-16-19-22-25-28-31-33-34-35-36-37-38-39-40-41-42-43-44-45-47-49-52-55-58-61-64-67-70-76(79)82-73-74(72-81-75(78)69-66-63-60-57-54-51-48-30-27-24-21-18-15-12-9-6-3)83-77(80)71-68-65-62-59-56-53-50-46-32-29-26-23-20-17-14-11-8-5-2/h29,32,74H,4-28,30-31,33-73H2,1-3H3/b32-29-. The highest BCUT2D eigenvalue weighted by Crippen LogP contribution is 2.20. The van der Waals surface area contributed by atoms with Gasteiger partial charge in [0.2, 0.25) is 0 Å². The van der Waals surface area contributed by atoms with E-state index in [1.807, 2.05) is 0 Å². The zero-order valence-corrected chi connectivity index (χ0v) is 56.8. The second-order valence-electron chi connectivity index (χ2n) is 26.3. The quantitative estimate of drug-likeness (QED) is 0.0261. The predicted octanol–water partition coefficient (Wildman–Crippen LogP) is 26.3. The third-order valence-corrected chi connectivity index (χ3v) is 17.8. The summed E-state index contributed by atoms with van der Waals surface area (Å²) >= 11 is 0. The number of ether oxygens (including phenoxy) is 3. The lowest BCUT2D eigenvalue weighted by molar-refractivity contribution is -0.167. The van der Waals surface area contributed by atoms with Gasteiger partial charge in [0, 0.05) is 19.3 Å². The fourth-order valence-electron chi connectivity index (χ4n) is 12.0. The maximum absolute atomic E-state index is 13.0. The third-order valence-electron chi connectivity index (χ3n) is 17.8. The van der Waals surface area contributed by atoms with Crippen molar-refractivity contribution in [2.24, 2.45) is 0 Å². The summed E-state index contributed by atoms with van der Waals surface area (Å²) in [6.07, 6.45) is 88.4. The molecular weight excluding hydrogens is 1020 g/mol. The van der Waals surface area contributed by atoms with Gasteiger partial charge in [-0.15, -0.1) is 0 Å². The first-order valence-corrected chi connectivity index (χ1v) is 38.2. The molecule has 0 rings (SSSR count). The van der Waals surface area contributed by atoms with Crippen LogP contribution in [0.2, 0.25) is 0 Å².